The summed E-state index contributed by atoms with van der Waals surface area (Å²) in [5, 5.41) is 13.8. The molecule has 3 N–H and O–H groups in total. The van der Waals surface area contributed by atoms with E-state index in [0.29, 0.717) is 34.5 Å². The molecule has 6 rings (SSSR count). The molecule has 0 spiro atoms. The van der Waals surface area contributed by atoms with Crippen molar-refractivity contribution in [3.8, 4) is 17.3 Å². The molecular weight excluding hydrogens is 434 g/mol. The lowest BCUT2D eigenvalue weighted by Gasteiger charge is -2.29. The molecule has 0 saturated carbocycles. The summed E-state index contributed by atoms with van der Waals surface area (Å²) in [6.45, 7) is 4.58. The number of ether oxygens (including phenoxy) is 3. The first-order valence-corrected chi connectivity index (χ1v) is 11.2. The van der Waals surface area contributed by atoms with Crippen LogP contribution in [-0.4, -0.2) is 83.9 Å². The van der Waals surface area contributed by atoms with Crippen LogP contribution < -0.4 is 15.0 Å². The SMILES string of the molecule is OC1COC2C(Oc3nc4nc(-c5ccc(N6CCNCC6)cc5)c(Cl)cc4[nH]3)COC12. The molecular formula is C22H24ClN5O4. The number of piperazine rings is 1. The van der Waals surface area contributed by atoms with E-state index < -0.39 is 6.10 Å². The van der Waals surface area contributed by atoms with Crippen LogP contribution >= 0.6 is 11.6 Å². The minimum atomic E-state index is -0.620. The average molecular weight is 458 g/mol. The van der Waals surface area contributed by atoms with Crippen molar-refractivity contribution in [2.45, 2.75) is 24.4 Å². The van der Waals surface area contributed by atoms with E-state index in [1.807, 2.05) is 18.2 Å². The maximum absolute atomic E-state index is 9.90. The molecule has 3 aromatic rings. The van der Waals surface area contributed by atoms with E-state index in [0.717, 1.165) is 31.7 Å². The first-order chi connectivity index (χ1) is 15.7. The number of pyridine rings is 1. The smallest absolute Gasteiger partial charge is 0.296 e. The van der Waals surface area contributed by atoms with Crippen LogP contribution in [0, 0.1) is 0 Å². The van der Waals surface area contributed by atoms with Crippen molar-refractivity contribution in [2.24, 2.45) is 0 Å². The predicted molar refractivity (Wildman–Crippen MR) is 119 cm³/mol. The maximum atomic E-state index is 9.90. The molecule has 5 heterocycles. The lowest BCUT2D eigenvalue weighted by molar-refractivity contribution is 0.00706. The number of aliphatic hydroxyl groups is 1. The molecule has 32 heavy (non-hydrogen) atoms. The minimum absolute atomic E-state index is 0.253. The Balaban J connectivity index is 1.23. The van der Waals surface area contributed by atoms with Gasteiger partial charge in [-0.2, -0.15) is 4.98 Å². The number of nitrogens with one attached hydrogen (secondary N) is 2. The van der Waals surface area contributed by atoms with E-state index in [1.165, 1.54) is 5.69 Å². The fraction of sp³-hybridized carbons (Fsp3) is 0.455. The summed E-state index contributed by atoms with van der Waals surface area (Å²) in [4.78, 5) is 14.7. The molecule has 9 nitrogen and oxygen atoms in total. The van der Waals surface area contributed by atoms with Crippen LogP contribution in [-0.2, 0) is 9.47 Å². The topological polar surface area (TPSA) is 105 Å². The summed E-state index contributed by atoms with van der Waals surface area (Å²) in [6, 6.07) is 10.4. The van der Waals surface area contributed by atoms with Crippen LogP contribution in [0.15, 0.2) is 30.3 Å². The average Bonchev–Trinajstić information content (AvgIpc) is 3.51. The van der Waals surface area contributed by atoms with Crippen molar-refractivity contribution in [3.05, 3.63) is 35.4 Å². The van der Waals surface area contributed by atoms with Gasteiger partial charge in [-0.05, 0) is 18.2 Å². The van der Waals surface area contributed by atoms with Crippen molar-refractivity contribution < 1.29 is 19.3 Å². The van der Waals surface area contributed by atoms with E-state index in [2.05, 4.69) is 37.3 Å². The number of imidazole rings is 1. The Labute approximate surface area is 189 Å². The molecule has 2 aromatic heterocycles. The number of aromatic nitrogens is 3. The van der Waals surface area contributed by atoms with Gasteiger partial charge in [0.25, 0.3) is 6.01 Å². The number of anilines is 1. The second-order valence-electron chi connectivity index (χ2n) is 8.34. The zero-order valence-electron chi connectivity index (χ0n) is 17.3. The number of fused-ring (bicyclic) bond motifs is 2. The Morgan fingerprint density at radius 2 is 1.84 bits per heavy atom. The molecule has 0 aliphatic carbocycles. The van der Waals surface area contributed by atoms with Gasteiger partial charge in [0.05, 0.1) is 29.4 Å². The molecule has 4 unspecified atom stereocenters. The van der Waals surface area contributed by atoms with Gasteiger partial charge in [0, 0.05) is 37.4 Å². The largest absolute Gasteiger partial charge is 0.456 e. The quantitative estimate of drug-likeness (QED) is 0.542. The molecule has 0 radical (unpaired) electrons. The Hall–Kier alpha value is -2.43. The fourth-order valence-electron chi connectivity index (χ4n) is 4.60. The normalized spacial score (nSPS) is 27.8. The Morgan fingerprint density at radius 1 is 1.06 bits per heavy atom. The van der Waals surface area contributed by atoms with Gasteiger partial charge in [-0.1, -0.05) is 23.7 Å². The lowest BCUT2D eigenvalue weighted by Crippen LogP contribution is -2.43. The van der Waals surface area contributed by atoms with E-state index in [-0.39, 0.29) is 24.9 Å². The zero-order chi connectivity index (χ0) is 21.7. The van der Waals surface area contributed by atoms with Crippen molar-refractivity contribution in [1.82, 2.24) is 20.3 Å². The third-order valence-corrected chi connectivity index (χ3v) is 6.56. The number of hydrogen-bond donors (Lipinski definition) is 3. The van der Waals surface area contributed by atoms with E-state index in [9.17, 15) is 5.11 Å². The maximum Gasteiger partial charge on any atom is 0.296 e. The van der Waals surface area contributed by atoms with Gasteiger partial charge in [-0.15, -0.1) is 0 Å². The van der Waals surface area contributed by atoms with E-state index in [4.69, 9.17) is 25.8 Å². The molecule has 168 valence electrons. The standard InChI is InChI=1S/C22H24ClN5O4/c23-14-9-15-21(27-22(25-15)32-17-11-31-19-16(29)10-30-20(17)19)26-18(14)12-1-3-13(4-2-12)28-7-5-24-6-8-28/h1-4,9,16-17,19-20,24,29H,5-8,10-11H2,(H,25,26,27). The third-order valence-electron chi connectivity index (χ3n) is 6.27. The van der Waals surface area contributed by atoms with E-state index in [1.54, 1.807) is 0 Å². The number of nitrogens with zero attached hydrogens (tertiary/aromatic N) is 3. The molecule has 1 aromatic carbocycles. The molecule has 3 aliphatic rings. The number of benzene rings is 1. The predicted octanol–water partition coefficient (Wildman–Crippen LogP) is 1.59. The number of H-pyrrole nitrogens is 1. The van der Waals surface area contributed by atoms with Crippen LogP contribution in [0.5, 0.6) is 6.01 Å². The van der Waals surface area contributed by atoms with Crippen LogP contribution in [0.4, 0.5) is 5.69 Å². The minimum Gasteiger partial charge on any atom is -0.456 e. The Kier molecular flexibility index (Phi) is 5.15. The molecule has 3 saturated heterocycles. The monoisotopic (exact) mass is 457 g/mol. The summed E-state index contributed by atoms with van der Waals surface area (Å²) < 4.78 is 17.2. The number of halogens is 1. The molecule has 0 amide bonds. The number of hydrogen-bond acceptors (Lipinski definition) is 8. The highest BCUT2D eigenvalue weighted by Crippen LogP contribution is 2.32. The van der Waals surface area contributed by atoms with E-state index >= 15 is 0 Å². The highest BCUT2D eigenvalue weighted by molar-refractivity contribution is 6.33. The van der Waals surface area contributed by atoms with Gasteiger partial charge < -0.3 is 34.5 Å². The lowest BCUT2D eigenvalue weighted by atomic mass is 10.1. The summed E-state index contributed by atoms with van der Waals surface area (Å²) in [6.07, 6.45) is -1.62. The van der Waals surface area contributed by atoms with Crippen molar-refractivity contribution in [1.29, 1.82) is 0 Å². The number of aromatic amines is 1. The molecule has 3 fully saturated rings. The molecule has 10 heteroatoms. The van der Waals surface area contributed by atoms with Crippen molar-refractivity contribution in [3.63, 3.8) is 0 Å². The van der Waals surface area contributed by atoms with Gasteiger partial charge >= 0.3 is 0 Å². The van der Waals surface area contributed by atoms with Crippen LogP contribution in [0.25, 0.3) is 22.4 Å². The second-order valence-corrected chi connectivity index (χ2v) is 8.74. The number of aliphatic hydroxyl groups excluding tert-OH is 1. The van der Waals surface area contributed by atoms with Crippen LogP contribution in [0.1, 0.15) is 0 Å². The zero-order valence-corrected chi connectivity index (χ0v) is 18.1. The highest BCUT2D eigenvalue weighted by Gasteiger charge is 2.48. The highest BCUT2D eigenvalue weighted by atomic mass is 35.5. The second kappa shape index (κ2) is 8.17. The van der Waals surface area contributed by atoms with Gasteiger partial charge in [0.2, 0.25) is 0 Å². The van der Waals surface area contributed by atoms with Gasteiger partial charge in [-0.3, -0.25) is 0 Å². The van der Waals surface area contributed by atoms with Gasteiger partial charge in [0.1, 0.15) is 18.3 Å². The van der Waals surface area contributed by atoms with Crippen molar-refractivity contribution >= 4 is 28.5 Å². The first kappa shape index (κ1) is 20.2. The molecule has 3 aliphatic heterocycles. The summed E-state index contributed by atoms with van der Waals surface area (Å²) in [5.74, 6) is 0. The Morgan fingerprint density at radius 3 is 2.66 bits per heavy atom. The molecule has 0 bridgehead atoms. The van der Waals surface area contributed by atoms with Crippen molar-refractivity contribution in [2.75, 3.05) is 44.3 Å². The molecule has 4 atom stereocenters. The van der Waals surface area contributed by atoms with Crippen LogP contribution in [0.3, 0.4) is 0 Å². The Bertz CT molecular complexity index is 1120. The summed E-state index contributed by atoms with van der Waals surface area (Å²) in [5.41, 5.74) is 4.01. The fourth-order valence-corrected chi connectivity index (χ4v) is 4.86. The van der Waals surface area contributed by atoms with Crippen LogP contribution in [0.2, 0.25) is 5.02 Å². The summed E-state index contributed by atoms with van der Waals surface area (Å²) >= 11 is 6.56. The van der Waals surface area contributed by atoms with Gasteiger partial charge in [-0.25, -0.2) is 4.98 Å². The third kappa shape index (κ3) is 3.60. The number of rotatable bonds is 4. The van der Waals surface area contributed by atoms with Gasteiger partial charge in [0.15, 0.2) is 11.8 Å². The summed E-state index contributed by atoms with van der Waals surface area (Å²) in [7, 11) is 0. The first-order valence-electron chi connectivity index (χ1n) is 10.9.